The molecule has 0 bridgehead atoms. The Labute approximate surface area is 135 Å². The first-order valence-electron chi connectivity index (χ1n) is 7.59. The number of hydrogen-bond acceptors (Lipinski definition) is 5. The SMILES string of the molecule is Nc1nc(Cl)cc(NCc2ccccc2N2CCCCC2)n1. The van der Waals surface area contributed by atoms with Crippen molar-refractivity contribution in [1.29, 1.82) is 0 Å². The van der Waals surface area contributed by atoms with Gasteiger partial charge in [0.2, 0.25) is 5.95 Å². The molecular weight excluding hydrogens is 298 g/mol. The van der Waals surface area contributed by atoms with Crippen LogP contribution in [0.4, 0.5) is 17.5 Å². The van der Waals surface area contributed by atoms with Crippen molar-refractivity contribution >= 4 is 29.1 Å². The molecule has 1 aliphatic heterocycles. The minimum Gasteiger partial charge on any atom is -0.371 e. The average Bonchev–Trinajstić information content (AvgIpc) is 2.53. The number of nitrogen functional groups attached to an aromatic ring is 1. The predicted octanol–water partition coefficient (Wildman–Crippen LogP) is 3.31. The van der Waals surface area contributed by atoms with Crippen LogP contribution < -0.4 is 16.0 Å². The van der Waals surface area contributed by atoms with Crippen molar-refractivity contribution in [2.45, 2.75) is 25.8 Å². The van der Waals surface area contributed by atoms with E-state index in [9.17, 15) is 0 Å². The van der Waals surface area contributed by atoms with Gasteiger partial charge in [0.25, 0.3) is 0 Å². The second-order valence-corrected chi connectivity index (χ2v) is 5.85. The van der Waals surface area contributed by atoms with E-state index in [0.717, 1.165) is 13.1 Å². The average molecular weight is 318 g/mol. The second-order valence-electron chi connectivity index (χ2n) is 5.46. The fourth-order valence-corrected chi connectivity index (χ4v) is 3.01. The van der Waals surface area contributed by atoms with Crippen molar-refractivity contribution in [3.05, 3.63) is 41.0 Å². The van der Waals surface area contributed by atoms with Crippen LogP contribution in [-0.4, -0.2) is 23.1 Å². The Morgan fingerprint density at radius 1 is 1.14 bits per heavy atom. The molecule has 1 aromatic carbocycles. The molecule has 0 atom stereocenters. The summed E-state index contributed by atoms with van der Waals surface area (Å²) in [5.41, 5.74) is 8.16. The smallest absolute Gasteiger partial charge is 0.223 e. The van der Waals surface area contributed by atoms with Gasteiger partial charge in [0.15, 0.2) is 0 Å². The van der Waals surface area contributed by atoms with E-state index in [1.54, 1.807) is 6.07 Å². The van der Waals surface area contributed by atoms with Gasteiger partial charge in [-0.2, -0.15) is 4.98 Å². The molecule has 0 saturated carbocycles. The molecule has 6 heteroatoms. The summed E-state index contributed by atoms with van der Waals surface area (Å²) in [6, 6.07) is 10.2. The highest BCUT2D eigenvalue weighted by atomic mass is 35.5. The molecule has 3 N–H and O–H groups in total. The molecule has 2 heterocycles. The first kappa shape index (κ1) is 14.9. The van der Waals surface area contributed by atoms with Crippen molar-refractivity contribution in [3.63, 3.8) is 0 Å². The number of aromatic nitrogens is 2. The van der Waals surface area contributed by atoms with Crippen molar-refractivity contribution in [1.82, 2.24) is 9.97 Å². The number of hydrogen-bond donors (Lipinski definition) is 2. The van der Waals surface area contributed by atoms with Crippen molar-refractivity contribution in [3.8, 4) is 0 Å². The summed E-state index contributed by atoms with van der Waals surface area (Å²) in [7, 11) is 0. The summed E-state index contributed by atoms with van der Waals surface area (Å²) >= 11 is 5.91. The Bertz CT molecular complexity index is 620. The third-order valence-electron chi connectivity index (χ3n) is 3.86. The van der Waals surface area contributed by atoms with Gasteiger partial charge in [-0.15, -0.1) is 0 Å². The van der Waals surface area contributed by atoms with Gasteiger partial charge in [0, 0.05) is 31.4 Å². The number of para-hydroxylation sites is 1. The molecule has 0 unspecified atom stereocenters. The van der Waals surface area contributed by atoms with E-state index in [1.165, 1.54) is 30.5 Å². The molecule has 116 valence electrons. The lowest BCUT2D eigenvalue weighted by Gasteiger charge is -2.30. The number of nitrogens with one attached hydrogen (secondary N) is 1. The van der Waals surface area contributed by atoms with Gasteiger partial charge in [-0.3, -0.25) is 0 Å². The quantitative estimate of drug-likeness (QED) is 0.847. The van der Waals surface area contributed by atoms with Crippen molar-refractivity contribution in [2.75, 3.05) is 29.0 Å². The molecule has 22 heavy (non-hydrogen) atoms. The summed E-state index contributed by atoms with van der Waals surface area (Å²) in [5, 5.41) is 3.63. The minimum absolute atomic E-state index is 0.180. The maximum atomic E-state index is 5.91. The van der Waals surface area contributed by atoms with E-state index in [1.807, 2.05) is 0 Å². The molecular formula is C16H20ClN5. The van der Waals surface area contributed by atoms with E-state index in [0.29, 0.717) is 17.5 Å². The van der Waals surface area contributed by atoms with Gasteiger partial charge in [0.1, 0.15) is 11.0 Å². The Morgan fingerprint density at radius 2 is 1.91 bits per heavy atom. The number of nitrogens with zero attached hydrogens (tertiary/aromatic N) is 3. The number of piperidine rings is 1. The van der Waals surface area contributed by atoms with E-state index >= 15 is 0 Å². The van der Waals surface area contributed by atoms with Gasteiger partial charge in [-0.05, 0) is 30.9 Å². The lowest BCUT2D eigenvalue weighted by molar-refractivity contribution is 0.576. The predicted molar refractivity (Wildman–Crippen MR) is 91.3 cm³/mol. The van der Waals surface area contributed by atoms with Crippen LogP contribution in [0.1, 0.15) is 24.8 Å². The van der Waals surface area contributed by atoms with Crippen LogP contribution >= 0.6 is 11.6 Å². The lowest BCUT2D eigenvalue weighted by Crippen LogP contribution is -2.30. The number of nitrogens with two attached hydrogens (primary N) is 1. The third kappa shape index (κ3) is 3.60. The molecule has 0 aliphatic carbocycles. The first-order valence-corrected chi connectivity index (χ1v) is 7.97. The van der Waals surface area contributed by atoms with E-state index in [4.69, 9.17) is 17.3 Å². The molecule has 3 rings (SSSR count). The van der Waals surface area contributed by atoms with Crippen LogP contribution in [0.5, 0.6) is 0 Å². The monoisotopic (exact) mass is 317 g/mol. The third-order valence-corrected chi connectivity index (χ3v) is 4.05. The number of anilines is 3. The van der Waals surface area contributed by atoms with Gasteiger partial charge >= 0.3 is 0 Å². The Kier molecular flexibility index (Phi) is 4.63. The summed E-state index contributed by atoms with van der Waals surface area (Å²) in [5.74, 6) is 0.824. The van der Waals surface area contributed by atoms with Gasteiger partial charge in [0.05, 0.1) is 0 Å². The molecule has 0 spiro atoms. The van der Waals surface area contributed by atoms with E-state index < -0.39 is 0 Å². The Balaban J connectivity index is 1.74. The standard InChI is InChI=1S/C16H20ClN5/c17-14-10-15(21-16(18)20-14)19-11-12-6-2-3-7-13(12)22-8-4-1-5-9-22/h2-3,6-7,10H,1,4-5,8-9,11H2,(H3,18,19,20,21). The normalized spacial score (nSPS) is 14.9. The van der Waals surface area contributed by atoms with Crippen LogP contribution in [0, 0.1) is 0 Å². The van der Waals surface area contributed by atoms with E-state index in [-0.39, 0.29) is 5.95 Å². The zero-order valence-electron chi connectivity index (χ0n) is 12.4. The molecule has 2 aromatic rings. The zero-order chi connectivity index (χ0) is 15.4. The van der Waals surface area contributed by atoms with Crippen molar-refractivity contribution < 1.29 is 0 Å². The number of benzene rings is 1. The number of halogens is 1. The highest BCUT2D eigenvalue weighted by Crippen LogP contribution is 2.25. The molecule has 1 aliphatic rings. The lowest BCUT2D eigenvalue weighted by atomic mass is 10.1. The molecule has 1 saturated heterocycles. The number of rotatable bonds is 4. The summed E-state index contributed by atoms with van der Waals surface area (Å²) in [6.07, 6.45) is 3.86. The molecule has 5 nitrogen and oxygen atoms in total. The van der Waals surface area contributed by atoms with Crippen LogP contribution in [0.25, 0.3) is 0 Å². The zero-order valence-corrected chi connectivity index (χ0v) is 13.2. The van der Waals surface area contributed by atoms with Gasteiger partial charge in [-0.25, -0.2) is 4.98 Å². The minimum atomic E-state index is 0.180. The maximum Gasteiger partial charge on any atom is 0.223 e. The van der Waals surface area contributed by atoms with Crippen molar-refractivity contribution in [2.24, 2.45) is 0 Å². The van der Waals surface area contributed by atoms with Crippen LogP contribution in [0.15, 0.2) is 30.3 Å². The Morgan fingerprint density at radius 3 is 2.68 bits per heavy atom. The van der Waals surface area contributed by atoms with E-state index in [2.05, 4.69) is 44.5 Å². The maximum absolute atomic E-state index is 5.91. The molecule has 1 fully saturated rings. The molecule has 0 amide bonds. The largest absolute Gasteiger partial charge is 0.371 e. The summed E-state index contributed by atoms with van der Waals surface area (Å²) in [6.45, 7) is 2.94. The van der Waals surface area contributed by atoms with Crippen LogP contribution in [0.2, 0.25) is 5.15 Å². The van der Waals surface area contributed by atoms with Gasteiger partial charge < -0.3 is 16.0 Å². The first-order chi connectivity index (χ1) is 10.7. The topological polar surface area (TPSA) is 67.1 Å². The molecule has 0 radical (unpaired) electrons. The van der Waals surface area contributed by atoms with Crippen LogP contribution in [-0.2, 0) is 6.54 Å². The fraction of sp³-hybridized carbons (Fsp3) is 0.375. The van der Waals surface area contributed by atoms with Gasteiger partial charge in [-0.1, -0.05) is 29.8 Å². The molecule has 1 aromatic heterocycles. The highest BCUT2D eigenvalue weighted by Gasteiger charge is 2.14. The fourth-order valence-electron chi connectivity index (χ4n) is 2.82. The summed E-state index contributed by atoms with van der Waals surface area (Å²) < 4.78 is 0. The Hall–Kier alpha value is -2.01. The summed E-state index contributed by atoms with van der Waals surface area (Å²) in [4.78, 5) is 10.5. The highest BCUT2D eigenvalue weighted by molar-refractivity contribution is 6.29. The second kappa shape index (κ2) is 6.83. The van der Waals surface area contributed by atoms with Crippen LogP contribution in [0.3, 0.4) is 0 Å².